The van der Waals surface area contributed by atoms with Crippen LogP contribution in [-0.4, -0.2) is 5.91 Å². The van der Waals surface area contributed by atoms with Crippen molar-refractivity contribution in [2.75, 3.05) is 10.6 Å². The van der Waals surface area contributed by atoms with Crippen LogP contribution in [0.15, 0.2) is 109 Å². The molecule has 0 saturated heterocycles. The predicted molar refractivity (Wildman–Crippen MR) is 116 cm³/mol. The Morgan fingerprint density at radius 1 is 0.536 bits per heavy atom. The standard InChI is InChI=1S/C25H20N2O/c28-25(24-14-8-7-13-23(24)19-9-3-1-4-10-19)27-22-17-15-21(16-18-22)26-20-11-5-2-6-12-20/h1-18,26H,(H,27,28). The Kier molecular flexibility index (Phi) is 5.16. The maximum absolute atomic E-state index is 12.9. The lowest BCUT2D eigenvalue weighted by molar-refractivity contribution is 0.102. The first-order chi connectivity index (χ1) is 13.8. The molecule has 2 N–H and O–H groups in total. The Bertz CT molecular complexity index is 1060. The van der Waals surface area contributed by atoms with E-state index in [1.54, 1.807) is 0 Å². The van der Waals surface area contributed by atoms with Crippen LogP contribution in [0.2, 0.25) is 0 Å². The molecule has 0 spiro atoms. The molecule has 1 amide bonds. The molecule has 0 aromatic heterocycles. The molecule has 136 valence electrons. The van der Waals surface area contributed by atoms with Crippen molar-refractivity contribution in [1.29, 1.82) is 0 Å². The molecule has 0 saturated carbocycles. The minimum atomic E-state index is -0.122. The number of hydrogen-bond donors (Lipinski definition) is 2. The molecule has 0 atom stereocenters. The highest BCUT2D eigenvalue weighted by Crippen LogP contribution is 2.25. The molecule has 3 heteroatoms. The topological polar surface area (TPSA) is 41.1 Å². The van der Waals surface area contributed by atoms with Gasteiger partial charge in [0.15, 0.2) is 0 Å². The summed E-state index contributed by atoms with van der Waals surface area (Å²) in [5.74, 6) is -0.122. The number of anilines is 3. The summed E-state index contributed by atoms with van der Waals surface area (Å²) in [4.78, 5) is 12.9. The summed E-state index contributed by atoms with van der Waals surface area (Å²) in [6.07, 6.45) is 0. The van der Waals surface area contributed by atoms with Crippen LogP contribution >= 0.6 is 0 Å². The van der Waals surface area contributed by atoms with Gasteiger partial charge in [0.05, 0.1) is 0 Å². The third-order valence-electron chi connectivity index (χ3n) is 4.46. The number of rotatable bonds is 5. The molecule has 3 nitrogen and oxygen atoms in total. The number of benzene rings is 4. The summed E-state index contributed by atoms with van der Waals surface area (Å²) in [7, 11) is 0. The van der Waals surface area contributed by atoms with Gasteiger partial charge in [0.25, 0.3) is 5.91 Å². The van der Waals surface area contributed by atoms with Gasteiger partial charge in [-0.3, -0.25) is 4.79 Å². The first-order valence-corrected chi connectivity index (χ1v) is 9.17. The van der Waals surface area contributed by atoms with Crippen molar-refractivity contribution < 1.29 is 4.79 Å². The molecule has 0 bridgehead atoms. The van der Waals surface area contributed by atoms with Gasteiger partial charge in [0.1, 0.15) is 0 Å². The number of carbonyl (C=O) groups excluding carboxylic acids is 1. The van der Waals surface area contributed by atoms with E-state index in [1.165, 1.54) is 0 Å². The third kappa shape index (κ3) is 4.10. The molecule has 0 unspecified atom stereocenters. The van der Waals surface area contributed by atoms with E-state index in [2.05, 4.69) is 10.6 Å². The van der Waals surface area contributed by atoms with Crippen molar-refractivity contribution >= 4 is 23.0 Å². The average molecular weight is 364 g/mol. The fraction of sp³-hybridized carbons (Fsp3) is 0. The summed E-state index contributed by atoms with van der Waals surface area (Å²) in [6, 6.07) is 35.3. The van der Waals surface area contributed by atoms with E-state index in [0.29, 0.717) is 5.56 Å². The average Bonchev–Trinajstić information content (AvgIpc) is 2.76. The fourth-order valence-electron chi connectivity index (χ4n) is 3.07. The largest absolute Gasteiger partial charge is 0.356 e. The molecule has 0 heterocycles. The van der Waals surface area contributed by atoms with Gasteiger partial charge in [0, 0.05) is 22.6 Å². The maximum Gasteiger partial charge on any atom is 0.256 e. The van der Waals surface area contributed by atoms with Gasteiger partial charge in [-0.2, -0.15) is 0 Å². The minimum Gasteiger partial charge on any atom is -0.356 e. The summed E-state index contributed by atoms with van der Waals surface area (Å²) >= 11 is 0. The van der Waals surface area contributed by atoms with Gasteiger partial charge in [0.2, 0.25) is 0 Å². The molecule has 4 rings (SSSR count). The van der Waals surface area contributed by atoms with E-state index in [1.807, 2.05) is 109 Å². The molecule has 28 heavy (non-hydrogen) atoms. The van der Waals surface area contributed by atoms with Crippen LogP contribution in [0.3, 0.4) is 0 Å². The monoisotopic (exact) mass is 364 g/mol. The summed E-state index contributed by atoms with van der Waals surface area (Å²) in [5.41, 5.74) is 5.34. The Balaban J connectivity index is 1.50. The molecular formula is C25H20N2O. The third-order valence-corrected chi connectivity index (χ3v) is 4.46. The normalized spacial score (nSPS) is 10.3. The zero-order valence-electron chi connectivity index (χ0n) is 15.3. The minimum absolute atomic E-state index is 0.122. The quantitative estimate of drug-likeness (QED) is 0.433. The van der Waals surface area contributed by atoms with Crippen LogP contribution in [0.1, 0.15) is 10.4 Å². The molecule has 0 radical (unpaired) electrons. The van der Waals surface area contributed by atoms with E-state index in [4.69, 9.17) is 0 Å². The molecule has 4 aromatic rings. The van der Waals surface area contributed by atoms with Gasteiger partial charge >= 0.3 is 0 Å². The van der Waals surface area contributed by atoms with Crippen LogP contribution in [0.4, 0.5) is 17.1 Å². The molecule has 4 aromatic carbocycles. The van der Waals surface area contributed by atoms with Gasteiger partial charge in [-0.05, 0) is 53.6 Å². The van der Waals surface area contributed by atoms with Crippen molar-refractivity contribution in [2.24, 2.45) is 0 Å². The number of hydrogen-bond acceptors (Lipinski definition) is 2. The number of para-hydroxylation sites is 1. The van der Waals surface area contributed by atoms with Crippen LogP contribution in [-0.2, 0) is 0 Å². The van der Waals surface area contributed by atoms with Gasteiger partial charge in [-0.15, -0.1) is 0 Å². The van der Waals surface area contributed by atoms with Crippen molar-refractivity contribution in [1.82, 2.24) is 0 Å². The van der Waals surface area contributed by atoms with E-state index >= 15 is 0 Å². The number of carbonyl (C=O) groups is 1. The second-order valence-electron chi connectivity index (χ2n) is 6.43. The summed E-state index contributed by atoms with van der Waals surface area (Å²) in [5, 5.41) is 6.33. The molecule has 0 aliphatic heterocycles. The number of amides is 1. The van der Waals surface area contributed by atoms with Gasteiger partial charge in [-0.25, -0.2) is 0 Å². The maximum atomic E-state index is 12.9. The highest BCUT2D eigenvalue weighted by atomic mass is 16.1. The van der Waals surface area contributed by atoms with E-state index < -0.39 is 0 Å². The van der Waals surface area contributed by atoms with Crippen LogP contribution in [0, 0.1) is 0 Å². The fourth-order valence-corrected chi connectivity index (χ4v) is 3.07. The SMILES string of the molecule is O=C(Nc1ccc(Nc2ccccc2)cc1)c1ccccc1-c1ccccc1. The predicted octanol–water partition coefficient (Wildman–Crippen LogP) is 6.35. The molecule has 0 aliphatic carbocycles. The zero-order chi connectivity index (χ0) is 19.2. The molecule has 0 fully saturated rings. The summed E-state index contributed by atoms with van der Waals surface area (Å²) in [6.45, 7) is 0. The van der Waals surface area contributed by atoms with E-state index in [0.717, 1.165) is 28.2 Å². The first kappa shape index (κ1) is 17.6. The van der Waals surface area contributed by atoms with Crippen molar-refractivity contribution in [3.05, 3.63) is 115 Å². The second kappa shape index (κ2) is 8.23. The second-order valence-corrected chi connectivity index (χ2v) is 6.43. The molecule has 0 aliphatic rings. The van der Waals surface area contributed by atoms with Gasteiger partial charge < -0.3 is 10.6 Å². The Morgan fingerprint density at radius 2 is 1.07 bits per heavy atom. The summed E-state index contributed by atoms with van der Waals surface area (Å²) < 4.78 is 0. The van der Waals surface area contributed by atoms with Crippen molar-refractivity contribution in [3.63, 3.8) is 0 Å². The first-order valence-electron chi connectivity index (χ1n) is 9.17. The van der Waals surface area contributed by atoms with E-state index in [-0.39, 0.29) is 5.91 Å². The highest BCUT2D eigenvalue weighted by molar-refractivity contribution is 6.08. The van der Waals surface area contributed by atoms with Crippen molar-refractivity contribution in [2.45, 2.75) is 0 Å². The molecular weight excluding hydrogens is 344 g/mol. The lowest BCUT2D eigenvalue weighted by Gasteiger charge is -2.11. The Labute approximate surface area is 164 Å². The van der Waals surface area contributed by atoms with Crippen molar-refractivity contribution in [3.8, 4) is 11.1 Å². The smallest absolute Gasteiger partial charge is 0.256 e. The van der Waals surface area contributed by atoms with Crippen LogP contribution < -0.4 is 10.6 Å². The van der Waals surface area contributed by atoms with Crippen LogP contribution in [0.5, 0.6) is 0 Å². The van der Waals surface area contributed by atoms with Crippen LogP contribution in [0.25, 0.3) is 11.1 Å². The number of nitrogens with one attached hydrogen (secondary N) is 2. The lowest BCUT2D eigenvalue weighted by Crippen LogP contribution is -2.13. The van der Waals surface area contributed by atoms with E-state index in [9.17, 15) is 4.79 Å². The highest BCUT2D eigenvalue weighted by Gasteiger charge is 2.12. The Morgan fingerprint density at radius 3 is 1.79 bits per heavy atom. The lowest BCUT2D eigenvalue weighted by atomic mass is 9.99. The zero-order valence-corrected chi connectivity index (χ0v) is 15.3. The Hall–Kier alpha value is -3.85. The van der Waals surface area contributed by atoms with Gasteiger partial charge in [-0.1, -0.05) is 66.7 Å².